The Kier molecular flexibility index (Phi) is 6.67. The first-order valence-corrected chi connectivity index (χ1v) is 10.6. The molecule has 9 heteroatoms. The molecule has 2 N–H and O–H groups in total. The highest BCUT2D eigenvalue weighted by atomic mass is 79.9. The highest BCUT2D eigenvalue weighted by Gasteiger charge is 2.22. The first kappa shape index (κ1) is 20.0. The Morgan fingerprint density at radius 2 is 2.07 bits per heavy atom. The van der Waals surface area contributed by atoms with Gasteiger partial charge in [-0.1, -0.05) is 13.8 Å². The van der Waals surface area contributed by atoms with E-state index in [0.29, 0.717) is 21.6 Å². The number of hydrogen-bond donors (Lipinski definition) is 2. The number of furan rings is 1. The molecule has 2 aromatic heterocycles. The van der Waals surface area contributed by atoms with Gasteiger partial charge in [-0.3, -0.25) is 14.5 Å². The molecule has 0 bridgehead atoms. The summed E-state index contributed by atoms with van der Waals surface area (Å²) in [4.78, 5) is 30.8. The lowest BCUT2D eigenvalue weighted by molar-refractivity contribution is -0.115. The third-order valence-corrected chi connectivity index (χ3v) is 5.57. The Bertz CT molecular complexity index is 796. The smallest absolute Gasteiger partial charge is 0.287 e. The van der Waals surface area contributed by atoms with Crippen LogP contribution in [0.2, 0.25) is 0 Å². The van der Waals surface area contributed by atoms with E-state index < -0.39 is 5.91 Å². The molecule has 2 aromatic rings. The summed E-state index contributed by atoms with van der Waals surface area (Å²) in [5, 5.41) is 7.76. The number of aromatic nitrogens is 1. The SMILES string of the molecule is CC1CC(C)CN(Cc2csc(NC(=O)CNC(=O)c3ccc(Br)o3)n2)C1. The molecule has 3 heterocycles. The summed E-state index contributed by atoms with van der Waals surface area (Å²) in [5.74, 6) is 0.783. The van der Waals surface area contributed by atoms with Crippen molar-refractivity contribution in [3.8, 4) is 0 Å². The van der Waals surface area contributed by atoms with Gasteiger partial charge in [-0.2, -0.15) is 0 Å². The number of rotatable bonds is 6. The van der Waals surface area contributed by atoms with E-state index >= 15 is 0 Å². The van der Waals surface area contributed by atoms with E-state index in [1.807, 2.05) is 5.38 Å². The quantitative estimate of drug-likeness (QED) is 0.698. The number of piperidine rings is 1. The predicted molar refractivity (Wildman–Crippen MR) is 108 cm³/mol. The normalized spacial score (nSPS) is 20.4. The van der Waals surface area contributed by atoms with Crippen LogP contribution in [0.1, 0.15) is 36.5 Å². The maximum atomic E-state index is 12.0. The summed E-state index contributed by atoms with van der Waals surface area (Å²) in [5.41, 5.74) is 0.959. The number of hydrogen-bond acceptors (Lipinski definition) is 6. The summed E-state index contributed by atoms with van der Waals surface area (Å²) in [6, 6.07) is 3.16. The Hall–Kier alpha value is -1.71. The zero-order valence-corrected chi connectivity index (χ0v) is 17.7. The van der Waals surface area contributed by atoms with E-state index in [1.54, 1.807) is 6.07 Å². The van der Waals surface area contributed by atoms with Crippen LogP contribution < -0.4 is 10.6 Å². The zero-order valence-electron chi connectivity index (χ0n) is 15.3. The number of carbonyl (C=O) groups is 2. The molecule has 1 saturated heterocycles. The summed E-state index contributed by atoms with van der Waals surface area (Å²) in [6.45, 7) is 7.38. The third kappa shape index (κ3) is 5.88. The summed E-state index contributed by atoms with van der Waals surface area (Å²) in [7, 11) is 0. The molecular weight excluding hydrogens is 432 g/mol. The number of likely N-dealkylation sites (tertiary alicyclic amines) is 1. The molecule has 0 aromatic carbocycles. The van der Waals surface area contributed by atoms with Crippen molar-refractivity contribution >= 4 is 44.2 Å². The third-order valence-electron chi connectivity index (χ3n) is 4.33. The molecule has 1 aliphatic rings. The maximum Gasteiger partial charge on any atom is 0.287 e. The molecule has 2 unspecified atom stereocenters. The van der Waals surface area contributed by atoms with Gasteiger partial charge in [-0.25, -0.2) is 4.98 Å². The molecule has 2 amide bonds. The Labute approximate surface area is 170 Å². The van der Waals surface area contributed by atoms with E-state index in [0.717, 1.165) is 25.3 Å². The van der Waals surface area contributed by atoms with E-state index in [1.165, 1.54) is 23.8 Å². The van der Waals surface area contributed by atoms with E-state index in [4.69, 9.17) is 4.42 Å². The van der Waals surface area contributed by atoms with Crippen LogP contribution in [-0.4, -0.2) is 41.3 Å². The van der Waals surface area contributed by atoms with Gasteiger partial charge in [0.2, 0.25) is 5.91 Å². The summed E-state index contributed by atoms with van der Waals surface area (Å²) >= 11 is 4.53. The Morgan fingerprint density at radius 1 is 1.33 bits per heavy atom. The minimum Gasteiger partial charge on any atom is -0.444 e. The maximum absolute atomic E-state index is 12.0. The molecule has 2 atom stereocenters. The molecule has 0 saturated carbocycles. The standard InChI is InChI=1S/C18H23BrN4O3S/c1-11-5-12(2)8-23(7-11)9-13-10-27-18(21-13)22-16(24)6-20-17(25)14-3-4-15(19)26-14/h3-4,10-12H,5-9H2,1-2H3,(H,20,25)(H,21,22,24). The van der Waals surface area contributed by atoms with Crippen molar-refractivity contribution in [2.24, 2.45) is 11.8 Å². The Balaban J connectivity index is 1.45. The second kappa shape index (κ2) is 8.99. The van der Waals surface area contributed by atoms with Gasteiger partial charge in [-0.15, -0.1) is 11.3 Å². The largest absolute Gasteiger partial charge is 0.444 e. The van der Waals surface area contributed by atoms with Gasteiger partial charge >= 0.3 is 0 Å². The molecule has 7 nitrogen and oxygen atoms in total. The monoisotopic (exact) mass is 454 g/mol. The van der Waals surface area contributed by atoms with Gasteiger partial charge < -0.3 is 15.1 Å². The minimum atomic E-state index is -0.441. The lowest BCUT2D eigenvalue weighted by Gasteiger charge is -2.34. The van der Waals surface area contributed by atoms with E-state index in [9.17, 15) is 9.59 Å². The molecular formula is C18H23BrN4O3S. The van der Waals surface area contributed by atoms with Crippen LogP contribution >= 0.6 is 27.3 Å². The van der Waals surface area contributed by atoms with Crippen LogP contribution in [0.25, 0.3) is 0 Å². The average molecular weight is 455 g/mol. The van der Waals surface area contributed by atoms with Crippen LogP contribution in [-0.2, 0) is 11.3 Å². The molecule has 27 heavy (non-hydrogen) atoms. The number of nitrogens with zero attached hydrogens (tertiary/aromatic N) is 2. The van der Waals surface area contributed by atoms with Gasteiger partial charge in [0.1, 0.15) is 0 Å². The van der Waals surface area contributed by atoms with Crippen LogP contribution in [0.3, 0.4) is 0 Å². The van der Waals surface area contributed by atoms with Crippen LogP contribution in [0.5, 0.6) is 0 Å². The van der Waals surface area contributed by atoms with Crippen molar-refractivity contribution < 1.29 is 14.0 Å². The van der Waals surface area contributed by atoms with Gasteiger partial charge in [0.25, 0.3) is 5.91 Å². The lowest BCUT2D eigenvalue weighted by atomic mass is 9.92. The van der Waals surface area contributed by atoms with Gasteiger partial charge in [0.05, 0.1) is 12.2 Å². The first-order valence-electron chi connectivity index (χ1n) is 8.89. The minimum absolute atomic E-state index is 0.146. The summed E-state index contributed by atoms with van der Waals surface area (Å²) < 4.78 is 5.61. The van der Waals surface area contributed by atoms with Gasteiger partial charge in [0.15, 0.2) is 15.6 Å². The van der Waals surface area contributed by atoms with Crippen LogP contribution in [0.15, 0.2) is 26.6 Å². The van der Waals surface area contributed by atoms with Gasteiger partial charge in [0, 0.05) is 25.0 Å². The number of thiazole rings is 1. The van der Waals surface area contributed by atoms with Gasteiger partial charge in [-0.05, 0) is 46.3 Å². The fourth-order valence-electron chi connectivity index (χ4n) is 3.43. The first-order chi connectivity index (χ1) is 12.9. The molecule has 1 aliphatic heterocycles. The van der Waals surface area contributed by atoms with Crippen molar-refractivity contribution in [3.05, 3.63) is 33.6 Å². The average Bonchev–Trinajstić information content (AvgIpc) is 3.21. The molecule has 3 rings (SSSR count). The highest BCUT2D eigenvalue weighted by Crippen LogP contribution is 2.24. The predicted octanol–water partition coefficient (Wildman–Crippen LogP) is 3.35. The topological polar surface area (TPSA) is 87.5 Å². The number of anilines is 1. The van der Waals surface area contributed by atoms with E-state index in [2.05, 4.69) is 50.3 Å². The zero-order chi connectivity index (χ0) is 19.4. The van der Waals surface area contributed by atoms with Crippen molar-refractivity contribution in [2.45, 2.75) is 26.8 Å². The number of amides is 2. The molecule has 1 fully saturated rings. The van der Waals surface area contributed by atoms with Crippen molar-refractivity contribution in [2.75, 3.05) is 25.0 Å². The number of nitrogens with one attached hydrogen (secondary N) is 2. The van der Waals surface area contributed by atoms with Crippen molar-refractivity contribution in [3.63, 3.8) is 0 Å². The van der Waals surface area contributed by atoms with Crippen molar-refractivity contribution in [1.82, 2.24) is 15.2 Å². The lowest BCUT2D eigenvalue weighted by Crippen LogP contribution is -2.38. The highest BCUT2D eigenvalue weighted by molar-refractivity contribution is 9.10. The van der Waals surface area contributed by atoms with Crippen LogP contribution in [0.4, 0.5) is 5.13 Å². The number of carbonyl (C=O) groups excluding carboxylic acids is 2. The second-order valence-electron chi connectivity index (χ2n) is 7.12. The van der Waals surface area contributed by atoms with Crippen LogP contribution in [0, 0.1) is 11.8 Å². The van der Waals surface area contributed by atoms with Crippen molar-refractivity contribution in [1.29, 1.82) is 0 Å². The van der Waals surface area contributed by atoms with E-state index in [-0.39, 0.29) is 18.2 Å². The Morgan fingerprint density at radius 3 is 2.74 bits per heavy atom. The molecule has 0 aliphatic carbocycles. The number of halogens is 1. The fourth-order valence-corrected chi connectivity index (χ4v) is 4.46. The summed E-state index contributed by atoms with van der Waals surface area (Å²) in [6.07, 6.45) is 1.27. The molecule has 0 radical (unpaired) electrons. The fraction of sp³-hybridized carbons (Fsp3) is 0.500. The molecule has 0 spiro atoms. The molecule has 146 valence electrons. The second-order valence-corrected chi connectivity index (χ2v) is 8.76.